The minimum Gasteiger partial charge on any atom is -0.360 e. The van der Waals surface area contributed by atoms with E-state index in [-0.39, 0.29) is 17.9 Å². The molecule has 0 bridgehead atoms. The lowest BCUT2D eigenvalue weighted by atomic mass is 9.98. The van der Waals surface area contributed by atoms with Gasteiger partial charge in [-0.2, -0.15) is 0 Å². The van der Waals surface area contributed by atoms with Crippen LogP contribution in [0.15, 0.2) is 42.5 Å². The molecule has 0 unspecified atom stereocenters. The minimum absolute atomic E-state index is 0.00335. The van der Waals surface area contributed by atoms with Gasteiger partial charge in [0.2, 0.25) is 5.91 Å². The highest BCUT2D eigenvalue weighted by atomic mass is 35.5. The lowest BCUT2D eigenvalue weighted by Crippen LogP contribution is -2.55. The van der Waals surface area contributed by atoms with Crippen LogP contribution in [0.4, 0.5) is 5.69 Å². The molecule has 2 N–H and O–H groups in total. The van der Waals surface area contributed by atoms with E-state index in [2.05, 4.69) is 17.0 Å². The van der Waals surface area contributed by atoms with Gasteiger partial charge in [-0.25, -0.2) is 0 Å². The Morgan fingerprint density at radius 2 is 1.79 bits per heavy atom. The van der Waals surface area contributed by atoms with Crippen LogP contribution in [0.3, 0.4) is 0 Å². The van der Waals surface area contributed by atoms with Crippen LogP contribution in [-0.2, 0) is 4.79 Å². The molecule has 1 heterocycles. The van der Waals surface area contributed by atoms with Crippen LogP contribution >= 0.6 is 23.2 Å². The first-order valence-corrected chi connectivity index (χ1v) is 10.4. The Balaban J connectivity index is 1.94. The maximum absolute atomic E-state index is 12.9. The first kappa shape index (κ1) is 21.0. The molecule has 1 saturated heterocycles. The Hall–Kier alpha value is -1.75. The number of hydrogen-bond acceptors (Lipinski definition) is 3. The number of aryl methyl sites for hydroxylation is 1. The van der Waals surface area contributed by atoms with Gasteiger partial charge < -0.3 is 15.5 Å². The van der Waals surface area contributed by atoms with Crippen molar-refractivity contribution in [2.24, 2.45) is 11.7 Å². The molecule has 0 aliphatic carbocycles. The minimum atomic E-state index is -0.486. The summed E-state index contributed by atoms with van der Waals surface area (Å²) in [5, 5.41) is 1.41. The summed E-state index contributed by atoms with van der Waals surface area (Å²) in [5.41, 5.74) is 9.33. The Morgan fingerprint density at radius 3 is 2.39 bits per heavy atom. The zero-order valence-electron chi connectivity index (χ0n) is 16.5. The van der Waals surface area contributed by atoms with E-state index in [1.807, 2.05) is 56.0 Å². The van der Waals surface area contributed by atoms with E-state index in [4.69, 9.17) is 28.9 Å². The largest absolute Gasteiger partial charge is 0.360 e. The summed E-state index contributed by atoms with van der Waals surface area (Å²) >= 11 is 12.7. The summed E-state index contributed by atoms with van der Waals surface area (Å²) in [7, 11) is 0. The molecule has 1 aliphatic heterocycles. The summed E-state index contributed by atoms with van der Waals surface area (Å²) in [6.07, 6.45) is 0. The molecule has 1 amide bonds. The Kier molecular flexibility index (Phi) is 6.54. The summed E-state index contributed by atoms with van der Waals surface area (Å²) < 4.78 is 0. The molecule has 2 atom stereocenters. The fourth-order valence-corrected chi connectivity index (χ4v) is 4.05. The van der Waals surface area contributed by atoms with Crippen molar-refractivity contribution in [3.63, 3.8) is 0 Å². The number of piperazine rings is 1. The van der Waals surface area contributed by atoms with Crippen molar-refractivity contribution < 1.29 is 4.79 Å². The standard InChI is InChI=1S/C22H27Cl2N3O/c1-14(2)21(25)22(28)26-10-11-27(19-9-4-15(3)12-18(19)24)20(13-26)16-5-7-17(23)8-6-16/h4-9,12,14,20-21H,10-11,13,25H2,1-3H3/t20-,21+/m0/s1. The first-order chi connectivity index (χ1) is 13.3. The molecule has 2 aromatic rings. The molecule has 6 heteroatoms. The van der Waals surface area contributed by atoms with Gasteiger partial charge in [-0.15, -0.1) is 0 Å². The molecule has 0 spiro atoms. The molecule has 0 aromatic heterocycles. The van der Waals surface area contributed by atoms with E-state index in [1.165, 1.54) is 0 Å². The summed E-state index contributed by atoms with van der Waals surface area (Å²) in [4.78, 5) is 17.0. The van der Waals surface area contributed by atoms with Gasteiger partial charge in [-0.3, -0.25) is 4.79 Å². The topological polar surface area (TPSA) is 49.6 Å². The van der Waals surface area contributed by atoms with Crippen LogP contribution in [0.1, 0.15) is 31.0 Å². The predicted molar refractivity (Wildman–Crippen MR) is 117 cm³/mol. The fraction of sp³-hybridized carbons (Fsp3) is 0.409. The van der Waals surface area contributed by atoms with Crippen LogP contribution in [-0.4, -0.2) is 36.5 Å². The highest BCUT2D eigenvalue weighted by Gasteiger charge is 2.34. The SMILES string of the molecule is Cc1ccc(N2CCN(C(=O)[C@H](N)C(C)C)C[C@H]2c2ccc(Cl)cc2)c(Cl)c1. The number of carbonyl (C=O) groups is 1. The van der Waals surface area contributed by atoms with Gasteiger partial charge >= 0.3 is 0 Å². The van der Waals surface area contributed by atoms with Gasteiger partial charge in [0.05, 0.1) is 22.8 Å². The quantitative estimate of drug-likeness (QED) is 0.782. The normalized spacial score (nSPS) is 18.5. The van der Waals surface area contributed by atoms with Gasteiger partial charge in [-0.1, -0.05) is 55.2 Å². The average Bonchev–Trinajstić information content (AvgIpc) is 2.67. The molecule has 0 saturated carbocycles. The number of halogens is 2. The number of nitrogens with zero attached hydrogens (tertiary/aromatic N) is 2. The second-order valence-electron chi connectivity index (χ2n) is 7.77. The monoisotopic (exact) mass is 419 g/mol. The number of benzene rings is 2. The molecular formula is C22H27Cl2N3O. The summed E-state index contributed by atoms with van der Waals surface area (Å²) in [5.74, 6) is 0.106. The van der Waals surface area contributed by atoms with Crippen molar-refractivity contribution in [1.82, 2.24) is 4.90 Å². The molecule has 1 aliphatic rings. The maximum atomic E-state index is 12.9. The van der Waals surface area contributed by atoms with Crippen LogP contribution < -0.4 is 10.6 Å². The average molecular weight is 420 g/mol. The summed E-state index contributed by atoms with van der Waals surface area (Å²) in [6, 6.07) is 13.4. The lowest BCUT2D eigenvalue weighted by molar-refractivity contribution is -0.134. The van der Waals surface area contributed by atoms with E-state index < -0.39 is 6.04 Å². The maximum Gasteiger partial charge on any atom is 0.239 e. The summed E-state index contributed by atoms with van der Waals surface area (Å²) in [6.45, 7) is 7.84. The molecule has 150 valence electrons. The molecule has 28 heavy (non-hydrogen) atoms. The van der Waals surface area contributed by atoms with Gasteiger partial charge in [0, 0.05) is 24.7 Å². The third-order valence-electron chi connectivity index (χ3n) is 5.36. The molecule has 3 rings (SSSR count). The van der Waals surface area contributed by atoms with Gasteiger partial charge in [-0.05, 0) is 48.2 Å². The first-order valence-electron chi connectivity index (χ1n) is 9.60. The van der Waals surface area contributed by atoms with Gasteiger partial charge in [0.15, 0.2) is 0 Å². The smallest absolute Gasteiger partial charge is 0.239 e. The third kappa shape index (κ3) is 4.45. The van der Waals surface area contributed by atoms with Crippen molar-refractivity contribution in [3.8, 4) is 0 Å². The molecule has 1 fully saturated rings. The second-order valence-corrected chi connectivity index (χ2v) is 8.61. The zero-order valence-corrected chi connectivity index (χ0v) is 18.0. The Labute approximate surface area is 177 Å². The molecule has 0 radical (unpaired) electrons. The third-order valence-corrected chi connectivity index (χ3v) is 5.92. The second kappa shape index (κ2) is 8.73. The van der Waals surface area contributed by atoms with E-state index in [9.17, 15) is 4.79 Å². The Bertz CT molecular complexity index is 838. The van der Waals surface area contributed by atoms with Crippen LogP contribution in [0, 0.1) is 12.8 Å². The molecule has 4 nitrogen and oxygen atoms in total. The van der Waals surface area contributed by atoms with Gasteiger partial charge in [0.25, 0.3) is 0 Å². The van der Waals surface area contributed by atoms with Crippen LogP contribution in [0.5, 0.6) is 0 Å². The number of anilines is 1. The van der Waals surface area contributed by atoms with E-state index in [0.29, 0.717) is 24.7 Å². The molecular weight excluding hydrogens is 393 g/mol. The number of nitrogens with two attached hydrogens (primary N) is 1. The van der Waals surface area contributed by atoms with Crippen LogP contribution in [0.25, 0.3) is 0 Å². The number of amides is 1. The van der Waals surface area contributed by atoms with Crippen molar-refractivity contribution in [2.45, 2.75) is 32.9 Å². The lowest BCUT2D eigenvalue weighted by Gasteiger charge is -2.44. The fourth-order valence-electron chi connectivity index (χ4n) is 3.58. The number of carbonyl (C=O) groups excluding carboxylic acids is 1. The predicted octanol–water partition coefficient (Wildman–Crippen LogP) is 4.68. The van der Waals surface area contributed by atoms with Crippen molar-refractivity contribution in [1.29, 1.82) is 0 Å². The number of rotatable bonds is 4. The van der Waals surface area contributed by atoms with Gasteiger partial charge in [0.1, 0.15) is 0 Å². The van der Waals surface area contributed by atoms with E-state index in [1.54, 1.807) is 0 Å². The Morgan fingerprint density at radius 1 is 1.11 bits per heavy atom. The van der Waals surface area contributed by atoms with E-state index in [0.717, 1.165) is 21.8 Å². The number of hydrogen-bond donors (Lipinski definition) is 1. The van der Waals surface area contributed by atoms with Crippen molar-refractivity contribution in [2.75, 3.05) is 24.5 Å². The van der Waals surface area contributed by atoms with Crippen molar-refractivity contribution in [3.05, 3.63) is 63.6 Å². The van der Waals surface area contributed by atoms with E-state index >= 15 is 0 Å². The van der Waals surface area contributed by atoms with Crippen LogP contribution in [0.2, 0.25) is 10.0 Å². The highest BCUT2D eigenvalue weighted by molar-refractivity contribution is 6.33. The molecule has 2 aromatic carbocycles. The zero-order chi connectivity index (χ0) is 20.4. The van der Waals surface area contributed by atoms with Crippen molar-refractivity contribution >= 4 is 34.8 Å². The highest BCUT2D eigenvalue weighted by Crippen LogP contribution is 2.36.